The zero-order valence-electron chi connectivity index (χ0n) is 16.3. The van der Waals surface area contributed by atoms with Gasteiger partial charge in [-0.2, -0.15) is 0 Å². The maximum Gasteiger partial charge on any atom is 0.573 e. The Bertz CT molecular complexity index is 1040. The molecule has 31 heavy (non-hydrogen) atoms. The number of carbonyl (C=O) groups is 1. The van der Waals surface area contributed by atoms with Gasteiger partial charge in [-0.05, 0) is 42.5 Å². The van der Waals surface area contributed by atoms with Gasteiger partial charge in [0.1, 0.15) is 11.5 Å². The number of anilines is 1. The zero-order valence-corrected chi connectivity index (χ0v) is 17.1. The highest BCUT2D eigenvalue weighted by Gasteiger charge is 2.31. The maximum absolute atomic E-state index is 12.8. The average molecular weight is 460 g/mol. The van der Waals surface area contributed by atoms with E-state index < -0.39 is 28.0 Å². The molecule has 0 bridgehead atoms. The lowest BCUT2D eigenvalue weighted by atomic mass is 10.1. The van der Waals surface area contributed by atoms with Crippen molar-refractivity contribution >= 4 is 21.6 Å². The van der Waals surface area contributed by atoms with E-state index in [1.165, 1.54) is 30.2 Å². The normalized spacial score (nSPS) is 14.8. The van der Waals surface area contributed by atoms with E-state index in [0.717, 1.165) is 24.3 Å². The SMILES string of the molecule is COc1ccc(S(=O)(=O)Nc2ccc(OC(F)(F)F)cc2)cc1C(=O)N1CCOCC1. The summed E-state index contributed by atoms with van der Waals surface area (Å²) in [5.74, 6) is -0.673. The summed E-state index contributed by atoms with van der Waals surface area (Å²) in [6.45, 7) is 1.48. The van der Waals surface area contributed by atoms with Crippen LogP contribution in [-0.2, 0) is 14.8 Å². The molecule has 0 atom stereocenters. The van der Waals surface area contributed by atoms with Crippen LogP contribution in [0.3, 0.4) is 0 Å². The minimum atomic E-state index is -4.85. The number of nitrogens with zero attached hydrogens (tertiary/aromatic N) is 1. The third-order valence-electron chi connectivity index (χ3n) is 4.35. The van der Waals surface area contributed by atoms with Gasteiger partial charge in [-0.1, -0.05) is 0 Å². The van der Waals surface area contributed by atoms with Gasteiger partial charge in [0.2, 0.25) is 0 Å². The molecule has 168 valence electrons. The summed E-state index contributed by atoms with van der Waals surface area (Å²) in [7, 11) is -2.77. The number of sulfonamides is 1. The summed E-state index contributed by atoms with van der Waals surface area (Å²) < 4.78 is 78.7. The summed E-state index contributed by atoms with van der Waals surface area (Å²) in [6, 6.07) is 8.03. The second kappa shape index (κ2) is 9.02. The Hall–Kier alpha value is -2.99. The molecular weight excluding hydrogens is 441 g/mol. The van der Waals surface area contributed by atoms with Gasteiger partial charge in [-0.3, -0.25) is 9.52 Å². The third kappa shape index (κ3) is 5.79. The molecule has 1 amide bonds. The molecule has 1 N–H and O–H groups in total. The molecule has 3 rings (SSSR count). The number of hydrogen-bond donors (Lipinski definition) is 1. The standard InChI is InChI=1S/C19H19F3N2O6S/c1-28-17-7-6-15(12-16(17)18(25)24-8-10-29-11-9-24)31(26,27)23-13-2-4-14(5-3-13)30-19(20,21)22/h2-7,12,23H,8-11H2,1H3. The summed E-state index contributed by atoms with van der Waals surface area (Å²) in [5, 5.41) is 0. The molecule has 2 aromatic carbocycles. The summed E-state index contributed by atoms with van der Waals surface area (Å²) in [5.41, 5.74) is 0.0904. The molecule has 8 nitrogen and oxygen atoms in total. The van der Waals surface area contributed by atoms with Gasteiger partial charge >= 0.3 is 6.36 Å². The molecule has 0 saturated carbocycles. The number of hydrogen-bond acceptors (Lipinski definition) is 6. The number of carbonyl (C=O) groups excluding carboxylic acids is 1. The van der Waals surface area contributed by atoms with Gasteiger partial charge < -0.3 is 19.1 Å². The molecule has 1 aliphatic rings. The smallest absolute Gasteiger partial charge is 0.496 e. The second-order valence-electron chi connectivity index (χ2n) is 6.44. The van der Waals surface area contributed by atoms with Crippen LogP contribution in [0.25, 0.3) is 0 Å². The van der Waals surface area contributed by atoms with Crippen molar-refractivity contribution < 1.29 is 40.6 Å². The van der Waals surface area contributed by atoms with E-state index in [-0.39, 0.29) is 21.9 Å². The lowest BCUT2D eigenvalue weighted by molar-refractivity contribution is -0.274. The van der Waals surface area contributed by atoms with Crippen LogP contribution in [0.2, 0.25) is 0 Å². The minimum absolute atomic E-state index is 0.0198. The van der Waals surface area contributed by atoms with Crippen molar-refractivity contribution in [1.82, 2.24) is 4.90 Å². The number of nitrogens with one attached hydrogen (secondary N) is 1. The highest BCUT2D eigenvalue weighted by molar-refractivity contribution is 7.92. The van der Waals surface area contributed by atoms with Crippen molar-refractivity contribution in [2.75, 3.05) is 38.1 Å². The molecule has 1 heterocycles. The number of amides is 1. The van der Waals surface area contributed by atoms with E-state index in [2.05, 4.69) is 9.46 Å². The highest BCUT2D eigenvalue weighted by atomic mass is 32.2. The Morgan fingerprint density at radius 3 is 2.32 bits per heavy atom. The first-order valence-electron chi connectivity index (χ1n) is 9.03. The Morgan fingerprint density at radius 2 is 1.74 bits per heavy atom. The molecule has 1 fully saturated rings. The third-order valence-corrected chi connectivity index (χ3v) is 5.73. The van der Waals surface area contributed by atoms with E-state index >= 15 is 0 Å². The van der Waals surface area contributed by atoms with E-state index in [9.17, 15) is 26.4 Å². The number of ether oxygens (including phenoxy) is 3. The first kappa shape index (κ1) is 22.7. The van der Waals surface area contributed by atoms with Crippen LogP contribution in [-0.4, -0.2) is 59.0 Å². The Morgan fingerprint density at radius 1 is 1.10 bits per heavy atom. The van der Waals surface area contributed by atoms with Gasteiger partial charge in [-0.15, -0.1) is 13.2 Å². The predicted octanol–water partition coefficient (Wildman–Crippen LogP) is 2.87. The zero-order chi connectivity index (χ0) is 22.6. The molecule has 0 aliphatic carbocycles. The largest absolute Gasteiger partial charge is 0.573 e. The molecule has 0 radical (unpaired) electrons. The maximum atomic E-state index is 12.8. The van der Waals surface area contributed by atoms with Crippen molar-refractivity contribution in [3.63, 3.8) is 0 Å². The van der Waals surface area contributed by atoms with Crippen molar-refractivity contribution in [2.45, 2.75) is 11.3 Å². The molecule has 1 saturated heterocycles. The van der Waals surface area contributed by atoms with Crippen LogP contribution >= 0.6 is 0 Å². The summed E-state index contributed by atoms with van der Waals surface area (Å²) in [4.78, 5) is 14.2. The molecule has 12 heteroatoms. The van der Waals surface area contributed by atoms with Crippen molar-refractivity contribution in [2.24, 2.45) is 0 Å². The van der Waals surface area contributed by atoms with Crippen LogP contribution < -0.4 is 14.2 Å². The summed E-state index contributed by atoms with van der Waals surface area (Å²) >= 11 is 0. The van der Waals surface area contributed by atoms with Crippen LogP contribution in [0.5, 0.6) is 11.5 Å². The first-order chi connectivity index (χ1) is 14.6. The molecule has 2 aromatic rings. The number of methoxy groups -OCH3 is 1. The number of halogens is 3. The fraction of sp³-hybridized carbons (Fsp3) is 0.316. The van der Waals surface area contributed by atoms with Gasteiger partial charge in [0, 0.05) is 18.8 Å². The van der Waals surface area contributed by atoms with Crippen LogP contribution in [0, 0.1) is 0 Å². The number of rotatable bonds is 6. The fourth-order valence-corrected chi connectivity index (χ4v) is 3.98. The molecule has 0 aromatic heterocycles. The highest BCUT2D eigenvalue weighted by Crippen LogP contribution is 2.27. The molecular formula is C19H19F3N2O6S. The Kier molecular flexibility index (Phi) is 6.60. The van der Waals surface area contributed by atoms with Gasteiger partial charge in [0.05, 0.1) is 30.8 Å². The van der Waals surface area contributed by atoms with E-state index in [0.29, 0.717) is 26.3 Å². The monoisotopic (exact) mass is 460 g/mol. The first-order valence-corrected chi connectivity index (χ1v) is 10.5. The molecule has 0 unspecified atom stereocenters. The van der Waals surface area contributed by atoms with Gasteiger partial charge in [0.25, 0.3) is 15.9 Å². The lowest BCUT2D eigenvalue weighted by Gasteiger charge is -2.27. The topological polar surface area (TPSA) is 94.2 Å². The fourth-order valence-electron chi connectivity index (χ4n) is 2.90. The number of morpholine rings is 1. The van der Waals surface area contributed by atoms with Crippen LogP contribution in [0.1, 0.15) is 10.4 Å². The van der Waals surface area contributed by atoms with E-state index in [4.69, 9.17) is 9.47 Å². The summed E-state index contributed by atoms with van der Waals surface area (Å²) in [6.07, 6.45) is -4.85. The van der Waals surface area contributed by atoms with Crippen LogP contribution in [0.4, 0.5) is 18.9 Å². The van der Waals surface area contributed by atoms with E-state index in [1.807, 2.05) is 0 Å². The lowest BCUT2D eigenvalue weighted by Crippen LogP contribution is -2.40. The van der Waals surface area contributed by atoms with Gasteiger partial charge in [-0.25, -0.2) is 8.42 Å². The van der Waals surface area contributed by atoms with Crippen molar-refractivity contribution in [3.05, 3.63) is 48.0 Å². The average Bonchev–Trinajstić information content (AvgIpc) is 2.73. The number of benzene rings is 2. The predicted molar refractivity (Wildman–Crippen MR) is 104 cm³/mol. The molecule has 1 aliphatic heterocycles. The molecule has 0 spiro atoms. The second-order valence-corrected chi connectivity index (χ2v) is 8.13. The van der Waals surface area contributed by atoms with E-state index in [1.54, 1.807) is 0 Å². The number of alkyl halides is 3. The van der Waals surface area contributed by atoms with Crippen LogP contribution in [0.15, 0.2) is 47.4 Å². The van der Waals surface area contributed by atoms with Crippen molar-refractivity contribution in [3.8, 4) is 11.5 Å². The quantitative estimate of drug-likeness (QED) is 0.713. The van der Waals surface area contributed by atoms with Gasteiger partial charge in [0.15, 0.2) is 0 Å². The Balaban J connectivity index is 1.83. The minimum Gasteiger partial charge on any atom is -0.496 e. The Labute approximate surface area is 176 Å². The van der Waals surface area contributed by atoms with Crippen molar-refractivity contribution in [1.29, 1.82) is 0 Å².